The van der Waals surface area contributed by atoms with Crippen LogP contribution in [0.25, 0.3) is 0 Å². The number of aromatic nitrogens is 2. The van der Waals surface area contributed by atoms with Crippen LogP contribution in [-0.4, -0.2) is 73.5 Å². The molecule has 0 spiro atoms. The van der Waals surface area contributed by atoms with Crippen molar-refractivity contribution in [2.45, 2.75) is 36.8 Å². The number of sulfonamides is 1. The minimum absolute atomic E-state index is 0.00242. The number of likely N-dealkylation sites (tertiary alicyclic amines) is 1. The van der Waals surface area contributed by atoms with Crippen molar-refractivity contribution in [3.05, 3.63) is 36.3 Å². The second-order valence-electron chi connectivity index (χ2n) is 7.93. The van der Waals surface area contributed by atoms with Crippen molar-refractivity contribution in [3.8, 4) is 11.5 Å². The van der Waals surface area contributed by atoms with Crippen LogP contribution in [0.2, 0.25) is 0 Å². The maximum absolute atomic E-state index is 12.8. The number of carbonyl (C=O) groups is 1. The van der Waals surface area contributed by atoms with Crippen molar-refractivity contribution in [2.75, 3.05) is 40.4 Å². The largest absolute Gasteiger partial charge is 0.497 e. The Morgan fingerprint density at radius 2 is 1.94 bits per heavy atom. The monoisotopic (exact) mass is 448 g/mol. The first-order valence-electron chi connectivity index (χ1n) is 10.4. The van der Waals surface area contributed by atoms with E-state index in [2.05, 4.69) is 4.98 Å². The normalized spacial score (nSPS) is 19.7. The SMILES string of the molecule is COc1ccc(OC)c(C2CCN(C(=O)Cn3cnc(S(=O)(=O)N4CCCC4)c3)C2)c1. The Labute approximate surface area is 182 Å². The van der Waals surface area contributed by atoms with Crippen LogP contribution in [0.3, 0.4) is 0 Å². The van der Waals surface area contributed by atoms with Crippen LogP contribution in [0.15, 0.2) is 35.7 Å². The number of imidazole rings is 1. The summed E-state index contributed by atoms with van der Waals surface area (Å²) in [4.78, 5) is 18.7. The van der Waals surface area contributed by atoms with Crippen molar-refractivity contribution in [2.24, 2.45) is 0 Å². The Morgan fingerprint density at radius 3 is 2.65 bits per heavy atom. The molecule has 2 fully saturated rings. The molecule has 9 nitrogen and oxygen atoms in total. The molecule has 31 heavy (non-hydrogen) atoms. The first-order valence-corrected chi connectivity index (χ1v) is 11.9. The highest BCUT2D eigenvalue weighted by atomic mass is 32.2. The lowest BCUT2D eigenvalue weighted by atomic mass is 9.97. The van der Waals surface area contributed by atoms with Crippen LogP contribution < -0.4 is 9.47 Å². The first kappa shape index (κ1) is 21.6. The lowest BCUT2D eigenvalue weighted by Crippen LogP contribution is -2.31. The van der Waals surface area contributed by atoms with Crippen LogP contribution in [0.1, 0.15) is 30.7 Å². The van der Waals surface area contributed by atoms with Gasteiger partial charge in [-0.2, -0.15) is 4.31 Å². The standard InChI is InChI=1S/C21H28N4O5S/c1-29-17-5-6-19(30-2)18(11-17)16-7-10-24(12-16)21(26)14-23-13-20(22-15-23)31(27,28)25-8-3-4-9-25/h5-6,11,13,15-16H,3-4,7-10,12,14H2,1-2H3. The molecule has 4 rings (SSSR count). The zero-order valence-corrected chi connectivity index (χ0v) is 18.7. The molecule has 10 heteroatoms. The van der Waals surface area contributed by atoms with Gasteiger partial charge < -0.3 is 18.9 Å². The Hall–Kier alpha value is -2.59. The lowest BCUT2D eigenvalue weighted by Gasteiger charge is -2.18. The van der Waals surface area contributed by atoms with E-state index in [-0.39, 0.29) is 23.4 Å². The molecule has 0 saturated carbocycles. The van der Waals surface area contributed by atoms with Crippen LogP contribution in [0, 0.1) is 0 Å². The van der Waals surface area contributed by atoms with E-state index in [1.807, 2.05) is 18.2 Å². The highest BCUT2D eigenvalue weighted by Crippen LogP contribution is 2.36. The van der Waals surface area contributed by atoms with E-state index in [1.54, 1.807) is 23.7 Å². The van der Waals surface area contributed by atoms with Crippen molar-refractivity contribution in [3.63, 3.8) is 0 Å². The number of benzene rings is 1. The molecule has 0 aliphatic carbocycles. The number of hydrogen-bond acceptors (Lipinski definition) is 6. The van der Waals surface area contributed by atoms with Gasteiger partial charge in [0.05, 0.1) is 20.5 Å². The van der Waals surface area contributed by atoms with Gasteiger partial charge in [-0.1, -0.05) is 0 Å². The zero-order chi connectivity index (χ0) is 22.0. The number of rotatable bonds is 7. The summed E-state index contributed by atoms with van der Waals surface area (Å²) < 4.78 is 39.1. The molecule has 2 aliphatic heterocycles. The Morgan fingerprint density at radius 1 is 1.16 bits per heavy atom. The Kier molecular flexibility index (Phi) is 6.19. The second-order valence-corrected chi connectivity index (χ2v) is 9.81. The van der Waals surface area contributed by atoms with Crippen molar-refractivity contribution >= 4 is 15.9 Å². The molecule has 1 aromatic carbocycles. The molecule has 3 heterocycles. The van der Waals surface area contributed by atoms with Gasteiger partial charge in [0, 0.05) is 43.9 Å². The molecule has 2 aliphatic rings. The molecule has 0 radical (unpaired) electrons. The summed E-state index contributed by atoms with van der Waals surface area (Å²) in [6.45, 7) is 2.33. The summed E-state index contributed by atoms with van der Waals surface area (Å²) in [5.74, 6) is 1.63. The zero-order valence-electron chi connectivity index (χ0n) is 17.9. The third-order valence-electron chi connectivity index (χ3n) is 6.01. The third kappa shape index (κ3) is 4.40. The van der Waals surface area contributed by atoms with E-state index in [0.29, 0.717) is 26.2 Å². The maximum Gasteiger partial charge on any atom is 0.262 e. The lowest BCUT2D eigenvalue weighted by molar-refractivity contribution is -0.130. The van der Waals surface area contributed by atoms with E-state index >= 15 is 0 Å². The average molecular weight is 449 g/mol. The minimum atomic E-state index is -3.58. The molecule has 2 saturated heterocycles. The van der Waals surface area contributed by atoms with Gasteiger partial charge in [0.15, 0.2) is 5.03 Å². The van der Waals surface area contributed by atoms with Gasteiger partial charge in [-0.3, -0.25) is 4.79 Å². The summed E-state index contributed by atoms with van der Waals surface area (Å²) in [6, 6.07) is 5.70. The van der Waals surface area contributed by atoms with Crippen molar-refractivity contribution < 1.29 is 22.7 Å². The van der Waals surface area contributed by atoms with Gasteiger partial charge in [-0.15, -0.1) is 0 Å². The maximum atomic E-state index is 12.8. The van der Waals surface area contributed by atoms with E-state index in [4.69, 9.17) is 9.47 Å². The van der Waals surface area contributed by atoms with Crippen LogP contribution in [0.5, 0.6) is 11.5 Å². The first-order chi connectivity index (χ1) is 14.9. The number of amides is 1. The van der Waals surface area contributed by atoms with Crippen LogP contribution in [-0.2, 0) is 21.4 Å². The van der Waals surface area contributed by atoms with Gasteiger partial charge in [-0.05, 0) is 37.5 Å². The molecular formula is C21H28N4O5S. The van der Waals surface area contributed by atoms with Crippen molar-refractivity contribution in [1.29, 1.82) is 0 Å². The summed E-state index contributed by atoms with van der Waals surface area (Å²) >= 11 is 0. The fraction of sp³-hybridized carbons (Fsp3) is 0.524. The fourth-order valence-electron chi connectivity index (χ4n) is 4.28. The number of ether oxygens (including phenoxy) is 2. The molecule has 1 aromatic heterocycles. The number of nitrogens with zero attached hydrogens (tertiary/aromatic N) is 4. The molecule has 2 aromatic rings. The third-order valence-corrected chi connectivity index (χ3v) is 7.80. The predicted molar refractivity (Wildman–Crippen MR) is 114 cm³/mol. The summed E-state index contributed by atoms with van der Waals surface area (Å²) in [5.41, 5.74) is 1.03. The van der Waals surface area contributed by atoms with E-state index in [0.717, 1.165) is 36.3 Å². The molecule has 1 amide bonds. The minimum Gasteiger partial charge on any atom is -0.497 e. The summed E-state index contributed by atoms with van der Waals surface area (Å²) in [5, 5.41) is 0.00242. The highest BCUT2D eigenvalue weighted by Gasteiger charge is 2.31. The van der Waals surface area contributed by atoms with E-state index in [9.17, 15) is 13.2 Å². The van der Waals surface area contributed by atoms with Crippen LogP contribution >= 0.6 is 0 Å². The molecule has 168 valence electrons. The van der Waals surface area contributed by atoms with Gasteiger partial charge in [0.2, 0.25) is 5.91 Å². The quantitative estimate of drug-likeness (QED) is 0.640. The number of carbonyl (C=O) groups excluding carboxylic acids is 1. The smallest absolute Gasteiger partial charge is 0.262 e. The number of methoxy groups -OCH3 is 2. The molecule has 0 N–H and O–H groups in total. The summed E-state index contributed by atoms with van der Waals surface area (Å²) in [6.07, 6.45) is 5.43. The van der Waals surface area contributed by atoms with Gasteiger partial charge in [-0.25, -0.2) is 13.4 Å². The van der Waals surface area contributed by atoms with Gasteiger partial charge in [0.1, 0.15) is 18.0 Å². The predicted octanol–water partition coefficient (Wildman–Crippen LogP) is 1.70. The van der Waals surface area contributed by atoms with E-state index in [1.165, 1.54) is 16.8 Å². The molecular weight excluding hydrogens is 420 g/mol. The fourth-order valence-corrected chi connectivity index (χ4v) is 5.73. The molecule has 0 bridgehead atoms. The number of hydrogen-bond donors (Lipinski definition) is 0. The topological polar surface area (TPSA) is 94.0 Å². The van der Waals surface area contributed by atoms with E-state index < -0.39 is 10.0 Å². The second kappa shape index (κ2) is 8.88. The van der Waals surface area contributed by atoms with Gasteiger partial charge >= 0.3 is 0 Å². The van der Waals surface area contributed by atoms with Crippen molar-refractivity contribution in [1.82, 2.24) is 18.8 Å². The molecule has 1 unspecified atom stereocenters. The Bertz CT molecular complexity index is 1050. The average Bonchev–Trinajstić information content (AvgIpc) is 3.55. The Balaban J connectivity index is 1.41. The van der Waals surface area contributed by atoms with Gasteiger partial charge in [0.25, 0.3) is 10.0 Å². The summed E-state index contributed by atoms with van der Waals surface area (Å²) in [7, 11) is -0.322. The molecule has 1 atom stereocenters. The highest BCUT2D eigenvalue weighted by molar-refractivity contribution is 7.89. The van der Waals surface area contributed by atoms with Crippen LogP contribution in [0.4, 0.5) is 0 Å².